The Labute approximate surface area is 165 Å². The number of hydrogen-bond donors (Lipinski definition) is 2. The summed E-state index contributed by atoms with van der Waals surface area (Å²) in [5.74, 6) is 2.63. The minimum atomic E-state index is -0.0469. The van der Waals surface area contributed by atoms with Crippen LogP contribution in [0.1, 0.15) is 24.2 Å². The van der Waals surface area contributed by atoms with Crippen molar-refractivity contribution in [3.05, 3.63) is 54.0 Å². The topological polar surface area (TPSA) is 79.1 Å². The standard InChI is InChI=1S/C21H28N4O3/c1-15(18-14-28-19-9-5-4-8-17(18)19)24-21(23-13-20(26)25(2)3)22-11-10-16-7-6-12-27-16/h4-9,12,15,18H,10-11,13-14H2,1-3H3,(H2,22,23,24). The van der Waals surface area contributed by atoms with Crippen molar-refractivity contribution in [1.82, 2.24) is 15.5 Å². The lowest BCUT2D eigenvalue weighted by Crippen LogP contribution is -2.46. The fourth-order valence-corrected chi connectivity index (χ4v) is 3.12. The molecule has 2 heterocycles. The smallest absolute Gasteiger partial charge is 0.243 e. The lowest BCUT2D eigenvalue weighted by Gasteiger charge is -2.23. The van der Waals surface area contributed by atoms with E-state index >= 15 is 0 Å². The van der Waals surface area contributed by atoms with Gasteiger partial charge >= 0.3 is 0 Å². The van der Waals surface area contributed by atoms with E-state index in [9.17, 15) is 4.79 Å². The number of carbonyl (C=O) groups is 1. The van der Waals surface area contributed by atoms with E-state index in [-0.39, 0.29) is 24.4 Å². The SMILES string of the molecule is CC(NC(=NCC(=O)N(C)C)NCCc1ccco1)C1COc2ccccc21. The van der Waals surface area contributed by atoms with Crippen molar-refractivity contribution in [2.45, 2.75) is 25.3 Å². The molecule has 7 heteroatoms. The zero-order valence-electron chi connectivity index (χ0n) is 16.6. The molecule has 1 amide bonds. The van der Waals surface area contributed by atoms with Crippen LogP contribution in [0.15, 0.2) is 52.1 Å². The molecule has 0 bridgehead atoms. The van der Waals surface area contributed by atoms with Crippen LogP contribution in [0.4, 0.5) is 0 Å². The zero-order valence-corrected chi connectivity index (χ0v) is 16.6. The number of carbonyl (C=O) groups excluding carboxylic acids is 1. The lowest BCUT2D eigenvalue weighted by atomic mass is 9.94. The third-order valence-electron chi connectivity index (χ3n) is 4.82. The van der Waals surface area contributed by atoms with E-state index in [1.54, 1.807) is 20.4 Å². The maximum atomic E-state index is 11.9. The summed E-state index contributed by atoms with van der Waals surface area (Å²) in [5, 5.41) is 6.73. The molecule has 0 aliphatic carbocycles. The fraction of sp³-hybridized carbons (Fsp3) is 0.429. The molecule has 2 atom stereocenters. The van der Waals surface area contributed by atoms with Crippen molar-refractivity contribution in [2.24, 2.45) is 4.99 Å². The van der Waals surface area contributed by atoms with Crippen molar-refractivity contribution < 1.29 is 13.9 Å². The molecule has 0 radical (unpaired) electrons. The second-order valence-electron chi connectivity index (χ2n) is 7.10. The van der Waals surface area contributed by atoms with Crippen LogP contribution >= 0.6 is 0 Å². The molecule has 1 aliphatic rings. The van der Waals surface area contributed by atoms with Gasteiger partial charge in [-0.3, -0.25) is 4.79 Å². The molecule has 1 aromatic carbocycles. The second kappa shape index (κ2) is 9.30. The Balaban J connectivity index is 1.63. The molecule has 0 fully saturated rings. The largest absolute Gasteiger partial charge is 0.493 e. The predicted octanol–water partition coefficient (Wildman–Crippen LogP) is 2.01. The molecule has 3 rings (SSSR count). The zero-order chi connectivity index (χ0) is 19.9. The van der Waals surface area contributed by atoms with Crippen LogP contribution in [-0.4, -0.2) is 56.6 Å². The van der Waals surface area contributed by atoms with Gasteiger partial charge in [-0.05, 0) is 25.1 Å². The van der Waals surface area contributed by atoms with Gasteiger partial charge in [-0.1, -0.05) is 18.2 Å². The summed E-state index contributed by atoms with van der Waals surface area (Å²) >= 11 is 0. The number of furan rings is 1. The quantitative estimate of drug-likeness (QED) is 0.564. The van der Waals surface area contributed by atoms with Crippen LogP contribution in [0.25, 0.3) is 0 Å². The number of para-hydroxylation sites is 1. The predicted molar refractivity (Wildman–Crippen MR) is 109 cm³/mol. The minimum absolute atomic E-state index is 0.0469. The number of amides is 1. The van der Waals surface area contributed by atoms with Crippen molar-refractivity contribution in [3.63, 3.8) is 0 Å². The minimum Gasteiger partial charge on any atom is -0.493 e. The molecule has 2 aromatic rings. The Bertz CT molecular complexity index is 802. The Kier molecular flexibility index (Phi) is 6.57. The number of fused-ring (bicyclic) bond motifs is 1. The molecular weight excluding hydrogens is 356 g/mol. The molecule has 7 nitrogen and oxygen atoms in total. The van der Waals surface area contributed by atoms with E-state index in [0.29, 0.717) is 19.1 Å². The molecule has 0 saturated carbocycles. The van der Waals surface area contributed by atoms with Crippen LogP contribution < -0.4 is 15.4 Å². The average molecular weight is 384 g/mol. The van der Waals surface area contributed by atoms with Gasteiger partial charge in [-0.25, -0.2) is 4.99 Å². The number of nitrogens with one attached hydrogen (secondary N) is 2. The van der Waals surface area contributed by atoms with Crippen LogP contribution in [0.5, 0.6) is 5.75 Å². The summed E-state index contributed by atoms with van der Waals surface area (Å²) < 4.78 is 11.2. The summed E-state index contributed by atoms with van der Waals surface area (Å²) in [6.45, 7) is 3.48. The Morgan fingerprint density at radius 2 is 2.11 bits per heavy atom. The molecule has 150 valence electrons. The number of likely N-dealkylation sites (N-methyl/N-ethyl adjacent to an activating group) is 1. The third kappa shape index (κ3) is 5.06. The maximum absolute atomic E-state index is 11.9. The normalized spacial score (nSPS) is 16.8. The van der Waals surface area contributed by atoms with Crippen molar-refractivity contribution in [1.29, 1.82) is 0 Å². The number of hydrogen-bond acceptors (Lipinski definition) is 4. The number of benzene rings is 1. The molecule has 2 N–H and O–H groups in total. The second-order valence-corrected chi connectivity index (χ2v) is 7.10. The monoisotopic (exact) mass is 384 g/mol. The van der Waals surface area contributed by atoms with Gasteiger partial charge in [0.25, 0.3) is 0 Å². The first kappa shape index (κ1) is 19.8. The highest BCUT2D eigenvalue weighted by Gasteiger charge is 2.29. The highest BCUT2D eigenvalue weighted by Crippen LogP contribution is 2.35. The van der Waals surface area contributed by atoms with Crippen LogP contribution in [-0.2, 0) is 11.2 Å². The lowest BCUT2D eigenvalue weighted by molar-refractivity contribution is -0.127. The van der Waals surface area contributed by atoms with Crippen molar-refractivity contribution >= 4 is 11.9 Å². The van der Waals surface area contributed by atoms with Gasteiger partial charge in [0, 0.05) is 44.6 Å². The fourth-order valence-electron chi connectivity index (χ4n) is 3.12. The molecule has 1 aromatic heterocycles. The first-order chi connectivity index (χ1) is 13.5. The van der Waals surface area contributed by atoms with Crippen LogP contribution in [0.3, 0.4) is 0 Å². The molecule has 28 heavy (non-hydrogen) atoms. The van der Waals surface area contributed by atoms with Gasteiger partial charge in [0.05, 0.1) is 12.9 Å². The average Bonchev–Trinajstić information content (AvgIpc) is 3.35. The van der Waals surface area contributed by atoms with E-state index < -0.39 is 0 Å². The Morgan fingerprint density at radius 1 is 1.29 bits per heavy atom. The Hall–Kier alpha value is -2.96. The van der Waals surface area contributed by atoms with Crippen molar-refractivity contribution in [2.75, 3.05) is 33.8 Å². The van der Waals surface area contributed by atoms with Gasteiger partial charge < -0.3 is 24.7 Å². The third-order valence-corrected chi connectivity index (χ3v) is 4.82. The molecular formula is C21H28N4O3. The van der Waals surface area contributed by atoms with E-state index in [2.05, 4.69) is 28.6 Å². The molecule has 0 spiro atoms. The summed E-state index contributed by atoms with van der Waals surface area (Å²) in [5.41, 5.74) is 1.20. The number of rotatable bonds is 7. The van der Waals surface area contributed by atoms with Gasteiger partial charge in [-0.2, -0.15) is 0 Å². The van der Waals surface area contributed by atoms with E-state index in [0.717, 1.165) is 17.9 Å². The highest BCUT2D eigenvalue weighted by molar-refractivity contribution is 5.85. The highest BCUT2D eigenvalue weighted by atomic mass is 16.5. The van der Waals surface area contributed by atoms with E-state index in [1.165, 1.54) is 10.5 Å². The van der Waals surface area contributed by atoms with Gasteiger partial charge in [-0.15, -0.1) is 0 Å². The number of guanidine groups is 1. The summed E-state index contributed by atoms with van der Waals surface area (Å²) in [7, 11) is 3.45. The molecule has 0 saturated heterocycles. The van der Waals surface area contributed by atoms with Crippen molar-refractivity contribution in [3.8, 4) is 5.75 Å². The van der Waals surface area contributed by atoms with Gasteiger partial charge in [0.2, 0.25) is 5.91 Å². The van der Waals surface area contributed by atoms with E-state index in [4.69, 9.17) is 9.15 Å². The number of ether oxygens (including phenoxy) is 1. The van der Waals surface area contributed by atoms with Gasteiger partial charge in [0.1, 0.15) is 18.1 Å². The molecule has 1 aliphatic heterocycles. The number of aliphatic imine (C=N–C) groups is 1. The van der Waals surface area contributed by atoms with E-state index in [1.807, 2.05) is 30.3 Å². The summed E-state index contributed by atoms with van der Waals surface area (Å²) in [6.07, 6.45) is 2.40. The summed E-state index contributed by atoms with van der Waals surface area (Å²) in [6, 6.07) is 12.0. The van der Waals surface area contributed by atoms with Gasteiger partial charge in [0.15, 0.2) is 5.96 Å². The maximum Gasteiger partial charge on any atom is 0.243 e. The Morgan fingerprint density at radius 3 is 2.86 bits per heavy atom. The first-order valence-electron chi connectivity index (χ1n) is 9.53. The summed E-state index contributed by atoms with van der Waals surface area (Å²) in [4.78, 5) is 17.9. The molecule has 2 unspecified atom stereocenters. The number of nitrogens with zero attached hydrogens (tertiary/aromatic N) is 2. The van der Waals surface area contributed by atoms with Crippen LogP contribution in [0, 0.1) is 0 Å². The van der Waals surface area contributed by atoms with Crippen LogP contribution in [0.2, 0.25) is 0 Å². The first-order valence-corrected chi connectivity index (χ1v) is 9.53.